The van der Waals surface area contributed by atoms with Gasteiger partial charge >= 0.3 is 0 Å². The quantitative estimate of drug-likeness (QED) is 0.910. The van der Waals surface area contributed by atoms with Crippen molar-refractivity contribution in [2.75, 3.05) is 7.05 Å². The van der Waals surface area contributed by atoms with Gasteiger partial charge < -0.3 is 10.1 Å². The van der Waals surface area contributed by atoms with Gasteiger partial charge in [0.15, 0.2) is 0 Å². The van der Waals surface area contributed by atoms with Gasteiger partial charge in [0.1, 0.15) is 11.1 Å². The van der Waals surface area contributed by atoms with Gasteiger partial charge in [0, 0.05) is 12.7 Å². The molecule has 1 fully saturated rings. The Bertz CT molecular complexity index is 462. The number of hydrogen-bond donors (Lipinski definition) is 1. The van der Waals surface area contributed by atoms with Gasteiger partial charge in [0.05, 0.1) is 0 Å². The number of ether oxygens (including phenoxy) is 1. The van der Waals surface area contributed by atoms with Crippen LogP contribution < -0.4 is 10.1 Å². The number of halogens is 1. The average molecular weight is 297 g/mol. The molecule has 0 bridgehead atoms. The molecule has 0 aliphatic heterocycles. The molecule has 0 spiro atoms. The van der Waals surface area contributed by atoms with E-state index in [9.17, 15) is 0 Å². The van der Waals surface area contributed by atoms with E-state index in [-0.39, 0.29) is 6.10 Å². The third kappa shape index (κ3) is 4.10. The Labute approximate surface area is 127 Å². The minimum absolute atomic E-state index is 0.217. The standard InChI is InChI=1S/C16H25ClN2O/c1-11-5-13(8-16(2,3)7-11)20-15-14(17)6-12(9-18-4)10-19-15/h6,10-11,13,18H,5,7-9H2,1-4H3. The molecule has 2 atom stereocenters. The molecule has 1 saturated carbocycles. The predicted molar refractivity (Wildman–Crippen MR) is 83.2 cm³/mol. The average Bonchev–Trinajstić information content (AvgIpc) is 2.30. The Morgan fingerprint density at radius 1 is 1.45 bits per heavy atom. The van der Waals surface area contributed by atoms with E-state index in [1.807, 2.05) is 19.3 Å². The van der Waals surface area contributed by atoms with E-state index in [1.165, 1.54) is 6.42 Å². The maximum absolute atomic E-state index is 6.28. The molecule has 3 nitrogen and oxygen atoms in total. The van der Waals surface area contributed by atoms with Gasteiger partial charge in [-0.1, -0.05) is 32.4 Å². The first-order chi connectivity index (χ1) is 9.39. The summed E-state index contributed by atoms with van der Waals surface area (Å²) in [5.41, 5.74) is 1.41. The van der Waals surface area contributed by atoms with Crippen molar-refractivity contribution in [2.45, 2.75) is 52.7 Å². The van der Waals surface area contributed by atoms with E-state index in [0.29, 0.717) is 22.2 Å². The fraction of sp³-hybridized carbons (Fsp3) is 0.688. The molecule has 2 unspecified atom stereocenters. The van der Waals surface area contributed by atoms with Crippen molar-refractivity contribution >= 4 is 11.6 Å². The Hall–Kier alpha value is -0.800. The van der Waals surface area contributed by atoms with Crippen LogP contribution in [0.4, 0.5) is 0 Å². The minimum atomic E-state index is 0.217. The smallest absolute Gasteiger partial charge is 0.232 e. The summed E-state index contributed by atoms with van der Waals surface area (Å²) in [6, 6.07) is 1.93. The van der Waals surface area contributed by atoms with Crippen LogP contribution in [0.15, 0.2) is 12.3 Å². The predicted octanol–water partition coefficient (Wildman–Crippen LogP) is 4.05. The van der Waals surface area contributed by atoms with E-state index < -0.39 is 0 Å². The van der Waals surface area contributed by atoms with E-state index in [2.05, 4.69) is 31.1 Å². The van der Waals surface area contributed by atoms with Crippen molar-refractivity contribution < 1.29 is 4.74 Å². The summed E-state index contributed by atoms with van der Waals surface area (Å²) < 4.78 is 6.06. The highest BCUT2D eigenvalue weighted by Gasteiger charge is 2.33. The van der Waals surface area contributed by atoms with E-state index in [0.717, 1.165) is 24.9 Å². The number of nitrogens with one attached hydrogen (secondary N) is 1. The summed E-state index contributed by atoms with van der Waals surface area (Å²) in [5.74, 6) is 1.26. The van der Waals surface area contributed by atoms with Gasteiger partial charge in [-0.15, -0.1) is 0 Å². The van der Waals surface area contributed by atoms with Crippen LogP contribution >= 0.6 is 11.6 Å². The number of hydrogen-bond acceptors (Lipinski definition) is 3. The maximum atomic E-state index is 6.28. The van der Waals surface area contributed by atoms with Crippen LogP contribution in [0.25, 0.3) is 0 Å². The highest BCUT2D eigenvalue weighted by Crippen LogP contribution is 2.40. The fourth-order valence-electron chi connectivity index (χ4n) is 3.36. The Morgan fingerprint density at radius 3 is 2.80 bits per heavy atom. The topological polar surface area (TPSA) is 34.2 Å². The van der Waals surface area contributed by atoms with E-state index in [1.54, 1.807) is 0 Å². The minimum Gasteiger partial charge on any atom is -0.473 e. The fourth-order valence-corrected chi connectivity index (χ4v) is 3.59. The second-order valence-electron chi connectivity index (χ2n) is 6.81. The molecule has 1 heterocycles. The molecule has 1 aromatic rings. The molecule has 1 aliphatic carbocycles. The van der Waals surface area contributed by atoms with Gasteiger partial charge in [-0.05, 0) is 49.3 Å². The van der Waals surface area contributed by atoms with Crippen molar-refractivity contribution in [3.8, 4) is 5.88 Å². The van der Waals surface area contributed by atoms with Crippen LogP contribution in [0.3, 0.4) is 0 Å². The normalized spacial score (nSPS) is 25.4. The molecule has 0 amide bonds. The van der Waals surface area contributed by atoms with Crippen molar-refractivity contribution in [1.82, 2.24) is 10.3 Å². The van der Waals surface area contributed by atoms with Gasteiger partial charge in [0.25, 0.3) is 0 Å². The largest absolute Gasteiger partial charge is 0.473 e. The molecular weight excluding hydrogens is 272 g/mol. The highest BCUT2D eigenvalue weighted by atomic mass is 35.5. The molecule has 20 heavy (non-hydrogen) atoms. The van der Waals surface area contributed by atoms with Crippen LogP contribution in [0.5, 0.6) is 5.88 Å². The summed E-state index contributed by atoms with van der Waals surface area (Å²) >= 11 is 6.28. The third-order valence-corrected chi connectivity index (χ3v) is 4.14. The monoisotopic (exact) mass is 296 g/mol. The van der Waals surface area contributed by atoms with Crippen LogP contribution in [0.2, 0.25) is 5.02 Å². The second-order valence-corrected chi connectivity index (χ2v) is 7.22. The van der Waals surface area contributed by atoms with Gasteiger partial charge in [-0.3, -0.25) is 0 Å². The van der Waals surface area contributed by atoms with Crippen molar-refractivity contribution in [3.05, 3.63) is 22.8 Å². The second kappa shape index (κ2) is 6.31. The molecule has 1 aliphatic rings. The van der Waals surface area contributed by atoms with Crippen LogP contribution in [-0.4, -0.2) is 18.1 Å². The van der Waals surface area contributed by atoms with E-state index >= 15 is 0 Å². The first-order valence-electron chi connectivity index (χ1n) is 7.35. The lowest BCUT2D eigenvalue weighted by Gasteiger charge is -2.38. The molecule has 0 radical (unpaired) electrons. The van der Waals surface area contributed by atoms with Gasteiger partial charge in [-0.2, -0.15) is 0 Å². The molecule has 1 N–H and O–H groups in total. The first-order valence-corrected chi connectivity index (χ1v) is 7.73. The number of nitrogens with zero attached hydrogens (tertiary/aromatic N) is 1. The lowest BCUT2D eigenvalue weighted by atomic mass is 9.71. The Kier molecular flexibility index (Phi) is 4.92. The number of pyridine rings is 1. The maximum Gasteiger partial charge on any atom is 0.232 e. The molecular formula is C16H25ClN2O. The van der Waals surface area contributed by atoms with Gasteiger partial charge in [0.2, 0.25) is 5.88 Å². The lowest BCUT2D eigenvalue weighted by molar-refractivity contribution is 0.0533. The summed E-state index contributed by atoms with van der Waals surface area (Å²) in [6.45, 7) is 7.68. The summed E-state index contributed by atoms with van der Waals surface area (Å²) in [4.78, 5) is 4.37. The molecule has 0 aromatic carbocycles. The van der Waals surface area contributed by atoms with Crippen LogP contribution in [0, 0.1) is 11.3 Å². The van der Waals surface area contributed by atoms with Crippen molar-refractivity contribution in [2.24, 2.45) is 11.3 Å². The molecule has 1 aromatic heterocycles. The molecule has 0 saturated heterocycles. The summed E-state index contributed by atoms with van der Waals surface area (Å²) in [5, 5.41) is 3.69. The highest BCUT2D eigenvalue weighted by molar-refractivity contribution is 6.31. The zero-order chi connectivity index (χ0) is 14.8. The molecule has 2 rings (SSSR count). The zero-order valence-corrected chi connectivity index (χ0v) is 13.6. The summed E-state index contributed by atoms with van der Waals surface area (Å²) in [6.07, 6.45) is 5.45. The lowest BCUT2D eigenvalue weighted by Crippen LogP contribution is -2.34. The van der Waals surface area contributed by atoms with Crippen LogP contribution in [0.1, 0.15) is 45.6 Å². The Balaban J connectivity index is 2.06. The van der Waals surface area contributed by atoms with Crippen LogP contribution in [-0.2, 0) is 6.54 Å². The zero-order valence-electron chi connectivity index (χ0n) is 12.9. The van der Waals surface area contributed by atoms with Crippen molar-refractivity contribution in [3.63, 3.8) is 0 Å². The van der Waals surface area contributed by atoms with Gasteiger partial charge in [-0.25, -0.2) is 4.98 Å². The number of aromatic nitrogens is 1. The SMILES string of the molecule is CNCc1cnc(OC2CC(C)CC(C)(C)C2)c(Cl)c1. The molecule has 112 valence electrons. The first kappa shape index (κ1) is 15.6. The summed E-state index contributed by atoms with van der Waals surface area (Å²) in [7, 11) is 1.91. The van der Waals surface area contributed by atoms with Crippen molar-refractivity contribution in [1.29, 1.82) is 0 Å². The van der Waals surface area contributed by atoms with E-state index in [4.69, 9.17) is 16.3 Å². The number of rotatable bonds is 4. The third-order valence-electron chi connectivity index (χ3n) is 3.87. The molecule has 4 heteroatoms. The Morgan fingerprint density at radius 2 is 2.20 bits per heavy atom.